The van der Waals surface area contributed by atoms with Gasteiger partial charge in [-0.3, -0.25) is 9.59 Å². The van der Waals surface area contributed by atoms with Crippen molar-refractivity contribution in [1.29, 1.82) is 0 Å². The average Bonchev–Trinajstić information content (AvgIpc) is 3.39. The Labute approximate surface area is 166 Å². The van der Waals surface area contributed by atoms with Crippen molar-refractivity contribution < 1.29 is 4.79 Å². The summed E-state index contributed by atoms with van der Waals surface area (Å²) in [6.45, 7) is 1.19. The molecule has 0 aliphatic carbocycles. The van der Waals surface area contributed by atoms with Crippen LogP contribution in [0.1, 0.15) is 16.9 Å². The van der Waals surface area contributed by atoms with Crippen molar-refractivity contribution in [3.8, 4) is 0 Å². The number of nitrogens with zero attached hydrogens (tertiary/aromatic N) is 5. The molecule has 146 valence electrons. The van der Waals surface area contributed by atoms with Gasteiger partial charge in [-0.1, -0.05) is 18.2 Å². The number of hydrogen-bond acceptors (Lipinski definition) is 5. The number of carbonyl (C=O) groups excluding carboxylic acids is 1. The smallest absolute Gasteiger partial charge is 0.270 e. The lowest BCUT2D eigenvalue weighted by Gasteiger charge is -2.19. The molecule has 29 heavy (non-hydrogen) atoms. The molecule has 4 aromatic rings. The maximum absolute atomic E-state index is 13.1. The van der Waals surface area contributed by atoms with Crippen molar-refractivity contribution in [2.75, 3.05) is 18.4 Å². The Kier molecular flexibility index (Phi) is 4.04. The lowest BCUT2D eigenvalue weighted by molar-refractivity contribution is 0.0781. The van der Waals surface area contributed by atoms with Crippen LogP contribution in [0.3, 0.4) is 0 Å². The number of pyridine rings is 1. The highest BCUT2D eigenvalue weighted by molar-refractivity contribution is 5.96. The number of imidazole rings is 1. The van der Waals surface area contributed by atoms with Gasteiger partial charge in [-0.25, -0.2) is 9.50 Å². The van der Waals surface area contributed by atoms with Crippen LogP contribution in [-0.2, 0) is 7.05 Å². The maximum Gasteiger partial charge on any atom is 0.270 e. The fraction of sp³-hybridized carbons (Fsp3) is 0.238. The van der Waals surface area contributed by atoms with Crippen LogP contribution in [0.25, 0.3) is 16.4 Å². The van der Waals surface area contributed by atoms with Crippen LogP contribution in [-0.4, -0.2) is 49.1 Å². The monoisotopic (exact) mass is 388 g/mol. The first kappa shape index (κ1) is 17.4. The van der Waals surface area contributed by atoms with E-state index in [-0.39, 0.29) is 17.5 Å². The Morgan fingerprint density at radius 1 is 1.21 bits per heavy atom. The number of rotatable bonds is 3. The molecule has 8 heteroatoms. The number of fused-ring (bicyclic) bond motifs is 2. The van der Waals surface area contributed by atoms with E-state index < -0.39 is 0 Å². The predicted molar refractivity (Wildman–Crippen MR) is 110 cm³/mol. The van der Waals surface area contributed by atoms with Gasteiger partial charge >= 0.3 is 0 Å². The highest BCUT2D eigenvalue weighted by Crippen LogP contribution is 2.19. The molecule has 1 fully saturated rings. The quantitative estimate of drug-likeness (QED) is 0.580. The minimum Gasteiger partial charge on any atom is -0.364 e. The van der Waals surface area contributed by atoms with Crippen LogP contribution in [0.4, 0.5) is 5.82 Å². The molecule has 4 heterocycles. The van der Waals surface area contributed by atoms with Gasteiger partial charge in [0.1, 0.15) is 11.5 Å². The number of hydrogen-bond donors (Lipinski definition) is 1. The standard InChI is InChI=1S/C21H20N6O2/c1-25-17(12-14-4-2-3-5-16(14)20(25)28)21(29)26-10-8-15(13-26)23-18-6-7-19-22-9-11-27(19)24-18/h2-7,9,11-12,15H,8,10,13H2,1H3,(H,23,24). The molecule has 1 saturated heterocycles. The van der Waals surface area contributed by atoms with Gasteiger partial charge in [-0.15, -0.1) is 5.10 Å². The third-order valence-corrected chi connectivity index (χ3v) is 5.45. The SMILES string of the molecule is Cn1c(C(=O)N2CCC(Nc3ccc4nccn4n3)C2)cc2ccccc2c1=O. The Morgan fingerprint density at radius 3 is 2.97 bits per heavy atom. The molecule has 1 amide bonds. The summed E-state index contributed by atoms with van der Waals surface area (Å²) in [5.74, 6) is 0.616. The fourth-order valence-electron chi connectivity index (χ4n) is 3.88. The zero-order valence-corrected chi connectivity index (χ0v) is 15.9. The van der Waals surface area contributed by atoms with Crippen molar-refractivity contribution in [3.63, 3.8) is 0 Å². The summed E-state index contributed by atoms with van der Waals surface area (Å²) in [5, 5.41) is 9.28. The molecular weight excluding hydrogens is 368 g/mol. The minimum absolute atomic E-state index is 0.102. The highest BCUT2D eigenvalue weighted by atomic mass is 16.2. The van der Waals surface area contributed by atoms with E-state index in [0.717, 1.165) is 23.3 Å². The van der Waals surface area contributed by atoms with Gasteiger partial charge in [0.05, 0.1) is 0 Å². The summed E-state index contributed by atoms with van der Waals surface area (Å²) in [5.41, 5.74) is 1.04. The zero-order valence-electron chi connectivity index (χ0n) is 15.9. The van der Waals surface area contributed by atoms with Gasteiger partial charge in [0.25, 0.3) is 11.5 Å². The summed E-state index contributed by atoms with van der Waals surface area (Å²) in [7, 11) is 1.65. The molecule has 1 N–H and O–H groups in total. The van der Waals surface area contributed by atoms with Crippen molar-refractivity contribution in [3.05, 3.63) is 70.9 Å². The van der Waals surface area contributed by atoms with Crippen molar-refractivity contribution in [1.82, 2.24) is 24.1 Å². The number of anilines is 1. The Morgan fingerprint density at radius 2 is 2.07 bits per heavy atom. The number of carbonyl (C=O) groups is 1. The van der Waals surface area contributed by atoms with Gasteiger partial charge < -0.3 is 14.8 Å². The first-order chi connectivity index (χ1) is 14.1. The van der Waals surface area contributed by atoms with Gasteiger partial charge in [-0.2, -0.15) is 0 Å². The predicted octanol–water partition coefficient (Wildman–Crippen LogP) is 1.91. The van der Waals surface area contributed by atoms with E-state index in [1.54, 1.807) is 41.0 Å². The van der Waals surface area contributed by atoms with Gasteiger partial charge in [0, 0.05) is 44.0 Å². The topological polar surface area (TPSA) is 84.5 Å². The molecule has 1 aliphatic rings. The van der Waals surface area contributed by atoms with E-state index >= 15 is 0 Å². The summed E-state index contributed by atoms with van der Waals surface area (Å²) < 4.78 is 3.16. The summed E-state index contributed by atoms with van der Waals surface area (Å²) >= 11 is 0. The van der Waals surface area contributed by atoms with Crippen molar-refractivity contribution in [2.45, 2.75) is 12.5 Å². The van der Waals surface area contributed by atoms with Crippen LogP contribution < -0.4 is 10.9 Å². The van der Waals surface area contributed by atoms with E-state index in [1.165, 1.54) is 4.57 Å². The Bertz CT molecular complexity index is 1290. The molecule has 1 aliphatic heterocycles. The number of amides is 1. The largest absolute Gasteiger partial charge is 0.364 e. The number of nitrogens with one attached hydrogen (secondary N) is 1. The minimum atomic E-state index is -0.154. The number of aromatic nitrogens is 4. The fourth-order valence-corrected chi connectivity index (χ4v) is 3.88. The molecule has 1 unspecified atom stereocenters. The second-order valence-corrected chi connectivity index (χ2v) is 7.31. The van der Waals surface area contributed by atoms with Crippen molar-refractivity contribution in [2.24, 2.45) is 7.05 Å². The van der Waals surface area contributed by atoms with Gasteiger partial charge in [-0.05, 0) is 36.1 Å². The molecule has 0 spiro atoms. The van der Waals surface area contributed by atoms with Crippen LogP contribution in [0, 0.1) is 0 Å². The molecule has 8 nitrogen and oxygen atoms in total. The van der Waals surface area contributed by atoms with E-state index in [4.69, 9.17) is 0 Å². The molecule has 5 rings (SSSR count). The second-order valence-electron chi connectivity index (χ2n) is 7.31. The summed E-state index contributed by atoms with van der Waals surface area (Å²) in [4.78, 5) is 31.7. The Balaban J connectivity index is 1.36. The van der Waals surface area contributed by atoms with Gasteiger partial charge in [0.15, 0.2) is 5.65 Å². The van der Waals surface area contributed by atoms with Crippen LogP contribution in [0.5, 0.6) is 0 Å². The third-order valence-electron chi connectivity index (χ3n) is 5.45. The number of likely N-dealkylation sites (tertiary alicyclic amines) is 1. The molecule has 0 saturated carbocycles. The molecule has 1 atom stereocenters. The van der Waals surface area contributed by atoms with Crippen LogP contribution in [0.2, 0.25) is 0 Å². The van der Waals surface area contributed by atoms with Crippen LogP contribution >= 0.6 is 0 Å². The molecule has 0 bridgehead atoms. The third kappa shape index (κ3) is 3.02. The average molecular weight is 388 g/mol. The molecule has 3 aromatic heterocycles. The first-order valence-electron chi connectivity index (χ1n) is 9.55. The van der Waals surface area contributed by atoms with E-state index in [2.05, 4.69) is 15.4 Å². The molecular formula is C21H20N6O2. The summed E-state index contributed by atoms with van der Waals surface area (Å²) in [6.07, 6.45) is 4.32. The van der Waals surface area contributed by atoms with E-state index in [0.29, 0.717) is 24.2 Å². The van der Waals surface area contributed by atoms with Gasteiger partial charge in [0.2, 0.25) is 0 Å². The lowest BCUT2D eigenvalue weighted by atomic mass is 10.1. The highest BCUT2D eigenvalue weighted by Gasteiger charge is 2.28. The number of benzene rings is 1. The molecule has 0 radical (unpaired) electrons. The first-order valence-corrected chi connectivity index (χ1v) is 9.55. The zero-order chi connectivity index (χ0) is 20.0. The van der Waals surface area contributed by atoms with E-state index in [9.17, 15) is 9.59 Å². The van der Waals surface area contributed by atoms with Crippen molar-refractivity contribution >= 4 is 28.1 Å². The summed E-state index contributed by atoms with van der Waals surface area (Å²) in [6, 6.07) is 13.0. The molecule has 1 aromatic carbocycles. The van der Waals surface area contributed by atoms with E-state index in [1.807, 2.05) is 30.3 Å². The Hall–Kier alpha value is -3.68. The van der Waals surface area contributed by atoms with Crippen LogP contribution in [0.15, 0.2) is 59.7 Å². The lowest BCUT2D eigenvalue weighted by Crippen LogP contribution is -2.35. The second kappa shape index (κ2) is 6.73. The normalized spacial score (nSPS) is 16.6. The maximum atomic E-state index is 13.1.